The van der Waals surface area contributed by atoms with Crippen LogP contribution in [0.4, 0.5) is 0 Å². The summed E-state index contributed by atoms with van der Waals surface area (Å²) < 4.78 is 0. The van der Waals surface area contributed by atoms with Crippen LogP contribution in [0.25, 0.3) is 10.6 Å². The van der Waals surface area contributed by atoms with Crippen LogP contribution in [0, 0.1) is 0 Å². The summed E-state index contributed by atoms with van der Waals surface area (Å²) in [6.07, 6.45) is 5.00. The van der Waals surface area contributed by atoms with Crippen molar-refractivity contribution in [2.24, 2.45) is 0 Å². The number of benzene rings is 1. The van der Waals surface area contributed by atoms with Crippen LogP contribution in [0.3, 0.4) is 0 Å². The molecule has 5 heteroatoms. The zero-order chi connectivity index (χ0) is 14.7. The predicted octanol–water partition coefficient (Wildman–Crippen LogP) is 4.06. The Balaban J connectivity index is 1.65. The monoisotopic (exact) mass is 320 g/mol. The first-order chi connectivity index (χ1) is 10.2. The van der Waals surface area contributed by atoms with Crippen molar-refractivity contribution in [2.45, 2.75) is 38.1 Å². The number of rotatable bonds is 4. The van der Waals surface area contributed by atoms with Gasteiger partial charge in [0.05, 0.1) is 17.1 Å². The molecule has 0 unspecified atom stereocenters. The van der Waals surface area contributed by atoms with Gasteiger partial charge in [-0.3, -0.25) is 4.79 Å². The number of amides is 1. The molecule has 1 aromatic carbocycles. The minimum Gasteiger partial charge on any atom is -0.353 e. The van der Waals surface area contributed by atoms with E-state index in [1.807, 2.05) is 29.6 Å². The van der Waals surface area contributed by atoms with Gasteiger partial charge < -0.3 is 5.32 Å². The van der Waals surface area contributed by atoms with Gasteiger partial charge in [-0.25, -0.2) is 4.98 Å². The van der Waals surface area contributed by atoms with Gasteiger partial charge >= 0.3 is 0 Å². The number of nitrogens with one attached hydrogen (secondary N) is 1. The molecule has 1 saturated carbocycles. The van der Waals surface area contributed by atoms with Crippen molar-refractivity contribution >= 4 is 28.8 Å². The van der Waals surface area contributed by atoms with E-state index in [2.05, 4.69) is 10.3 Å². The molecular weight excluding hydrogens is 304 g/mol. The molecule has 0 spiro atoms. The highest BCUT2D eigenvalue weighted by molar-refractivity contribution is 7.13. The standard InChI is InChI=1S/C16H17ClN2OS/c17-14-8-4-3-7-13(14)16-19-12(10-21-16)9-15(20)18-11-5-1-2-6-11/h3-4,7-8,10-11H,1-2,5-6,9H2,(H,18,20). The average Bonchev–Trinajstić information content (AvgIpc) is 3.11. The molecule has 1 aliphatic rings. The molecule has 3 rings (SSSR count). The molecule has 2 aromatic rings. The lowest BCUT2D eigenvalue weighted by Gasteiger charge is -2.10. The fraction of sp³-hybridized carbons (Fsp3) is 0.375. The number of halogens is 1. The molecule has 3 nitrogen and oxygen atoms in total. The summed E-state index contributed by atoms with van der Waals surface area (Å²) in [6, 6.07) is 8.00. The Morgan fingerprint density at radius 1 is 1.33 bits per heavy atom. The summed E-state index contributed by atoms with van der Waals surface area (Å²) in [7, 11) is 0. The Labute approximate surface area is 133 Å². The second-order valence-corrected chi connectivity index (χ2v) is 6.61. The van der Waals surface area contributed by atoms with Crippen LogP contribution in [-0.2, 0) is 11.2 Å². The Hall–Kier alpha value is -1.39. The van der Waals surface area contributed by atoms with Crippen molar-refractivity contribution in [3.8, 4) is 10.6 Å². The molecule has 0 saturated heterocycles. The van der Waals surface area contributed by atoms with Crippen molar-refractivity contribution in [2.75, 3.05) is 0 Å². The van der Waals surface area contributed by atoms with E-state index >= 15 is 0 Å². The number of thiazole rings is 1. The molecule has 110 valence electrons. The van der Waals surface area contributed by atoms with E-state index in [0.717, 1.165) is 29.1 Å². The van der Waals surface area contributed by atoms with Crippen LogP contribution in [0.2, 0.25) is 5.02 Å². The van der Waals surface area contributed by atoms with Crippen molar-refractivity contribution in [1.82, 2.24) is 10.3 Å². The number of aromatic nitrogens is 1. The fourth-order valence-corrected chi connectivity index (χ4v) is 3.80. The summed E-state index contributed by atoms with van der Waals surface area (Å²) in [5.41, 5.74) is 1.73. The normalized spacial score (nSPS) is 15.3. The Morgan fingerprint density at radius 3 is 2.86 bits per heavy atom. The maximum Gasteiger partial charge on any atom is 0.226 e. The van der Waals surface area contributed by atoms with Gasteiger partial charge in [-0.2, -0.15) is 0 Å². The summed E-state index contributed by atoms with van der Waals surface area (Å²) in [5.74, 6) is 0.0675. The number of hydrogen-bond acceptors (Lipinski definition) is 3. The number of hydrogen-bond donors (Lipinski definition) is 1. The third kappa shape index (κ3) is 3.63. The molecule has 0 aliphatic heterocycles. The lowest BCUT2D eigenvalue weighted by Crippen LogP contribution is -2.33. The molecule has 1 amide bonds. The molecule has 0 bridgehead atoms. The van der Waals surface area contributed by atoms with Crippen molar-refractivity contribution in [3.63, 3.8) is 0 Å². The van der Waals surface area contributed by atoms with Crippen LogP contribution in [0.15, 0.2) is 29.6 Å². The molecule has 21 heavy (non-hydrogen) atoms. The summed E-state index contributed by atoms with van der Waals surface area (Å²) >= 11 is 7.70. The first-order valence-electron chi connectivity index (χ1n) is 7.21. The van der Waals surface area contributed by atoms with E-state index in [1.165, 1.54) is 24.2 Å². The van der Waals surface area contributed by atoms with Crippen molar-refractivity contribution in [3.05, 3.63) is 40.4 Å². The van der Waals surface area contributed by atoms with Gasteiger partial charge in [-0.15, -0.1) is 11.3 Å². The molecular formula is C16H17ClN2OS. The van der Waals surface area contributed by atoms with Crippen LogP contribution >= 0.6 is 22.9 Å². The molecule has 0 atom stereocenters. The van der Waals surface area contributed by atoms with Gasteiger partial charge in [0.2, 0.25) is 5.91 Å². The van der Waals surface area contributed by atoms with Crippen molar-refractivity contribution < 1.29 is 4.79 Å². The second-order valence-electron chi connectivity index (χ2n) is 5.35. The van der Waals surface area contributed by atoms with E-state index in [9.17, 15) is 4.79 Å². The lowest BCUT2D eigenvalue weighted by atomic mass is 10.2. The number of nitrogens with zero attached hydrogens (tertiary/aromatic N) is 1. The van der Waals surface area contributed by atoms with E-state index < -0.39 is 0 Å². The van der Waals surface area contributed by atoms with E-state index in [1.54, 1.807) is 0 Å². The topological polar surface area (TPSA) is 42.0 Å². The summed E-state index contributed by atoms with van der Waals surface area (Å²) in [5, 5.41) is 6.58. The first kappa shape index (κ1) is 14.5. The maximum atomic E-state index is 12.0. The van der Waals surface area contributed by atoms with Crippen molar-refractivity contribution in [1.29, 1.82) is 0 Å². The predicted molar refractivity (Wildman–Crippen MR) is 86.7 cm³/mol. The Kier molecular flexibility index (Phi) is 4.56. The molecule has 1 aromatic heterocycles. The molecule has 0 radical (unpaired) electrons. The third-order valence-corrected chi connectivity index (χ3v) is 4.97. The minimum atomic E-state index is 0.0675. The largest absolute Gasteiger partial charge is 0.353 e. The first-order valence-corrected chi connectivity index (χ1v) is 8.47. The zero-order valence-electron chi connectivity index (χ0n) is 11.6. The van der Waals surface area contributed by atoms with Crippen LogP contribution in [0.5, 0.6) is 0 Å². The molecule has 1 fully saturated rings. The van der Waals surface area contributed by atoms with Crippen LogP contribution in [0.1, 0.15) is 31.4 Å². The van der Waals surface area contributed by atoms with Gasteiger partial charge in [0, 0.05) is 17.0 Å². The molecule has 1 aliphatic carbocycles. The quantitative estimate of drug-likeness (QED) is 0.922. The Morgan fingerprint density at radius 2 is 2.10 bits per heavy atom. The van der Waals surface area contributed by atoms with E-state index in [-0.39, 0.29) is 5.91 Å². The highest BCUT2D eigenvalue weighted by Crippen LogP contribution is 2.30. The summed E-state index contributed by atoms with van der Waals surface area (Å²) in [6.45, 7) is 0. The minimum absolute atomic E-state index is 0.0675. The Bertz CT molecular complexity index is 635. The van der Waals surface area contributed by atoms with Gasteiger partial charge in [0.15, 0.2) is 0 Å². The third-order valence-electron chi connectivity index (χ3n) is 3.72. The molecule has 1 heterocycles. The smallest absolute Gasteiger partial charge is 0.226 e. The highest BCUT2D eigenvalue weighted by atomic mass is 35.5. The maximum absolute atomic E-state index is 12.0. The van der Waals surface area contributed by atoms with Gasteiger partial charge in [0.25, 0.3) is 0 Å². The molecule has 1 N–H and O–H groups in total. The van der Waals surface area contributed by atoms with E-state index in [4.69, 9.17) is 11.6 Å². The lowest BCUT2D eigenvalue weighted by molar-refractivity contribution is -0.121. The van der Waals surface area contributed by atoms with Gasteiger partial charge in [0.1, 0.15) is 5.01 Å². The highest BCUT2D eigenvalue weighted by Gasteiger charge is 2.18. The van der Waals surface area contributed by atoms with Crippen LogP contribution < -0.4 is 5.32 Å². The second kappa shape index (κ2) is 6.58. The average molecular weight is 321 g/mol. The zero-order valence-corrected chi connectivity index (χ0v) is 13.2. The van der Waals surface area contributed by atoms with Gasteiger partial charge in [-0.1, -0.05) is 42.6 Å². The van der Waals surface area contributed by atoms with E-state index in [0.29, 0.717) is 17.5 Å². The van der Waals surface area contributed by atoms with Crippen LogP contribution in [-0.4, -0.2) is 16.9 Å². The van der Waals surface area contributed by atoms with Gasteiger partial charge in [-0.05, 0) is 18.9 Å². The summed E-state index contributed by atoms with van der Waals surface area (Å²) in [4.78, 5) is 16.5. The fourth-order valence-electron chi connectivity index (χ4n) is 2.66. The number of carbonyl (C=O) groups excluding carboxylic acids is 1. The number of carbonyl (C=O) groups is 1. The SMILES string of the molecule is O=C(Cc1csc(-c2ccccc2Cl)n1)NC1CCCC1.